The molecule has 0 aromatic heterocycles. The molecule has 0 spiro atoms. The SMILES string of the molecule is C/C=C(/c1ccc(Cl)cc1)N1CCOCC1. The number of allylic oxidation sites excluding steroid dienone is 1. The Hall–Kier alpha value is -0.990. The lowest BCUT2D eigenvalue weighted by molar-refractivity contribution is 0.0639. The van der Waals surface area contributed by atoms with Gasteiger partial charge in [-0.15, -0.1) is 0 Å². The monoisotopic (exact) mass is 237 g/mol. The van der Waals surface area contributed by atoms with Gasteiger partial charge in [0.25, 0.3) is 0 Å². The zero-order chi connectivity index (χ0) is 11.4. The molecule has 0 N–H and O–H groups in total. The van der Waals surface area contributed by atoms with Crippen LogP contribution in [0.25, 0.3) is 5.70 Å². The maximum atomic E-state index is 5.89. The van der Waals surface area contributed by atoms with Crippen LogP contribution < -0.4 is 0 Å². The predicted molar refractivity (Wildman–Crippen MR) is 67.5 cm³/mol. The predicted octanol–water partition coefficient (Wildman–Crippen LogP) is 3.03. The molecule has 1 saturated heterocycles. The van der Waals surface area contributed by atoms with E-state index in [-0.39, 0.29) is 0 Å². The molecular formula is C13H16ClNO. The molecule has 0 bridgehead atoms. The summed E-state index contributed by atoms with van der Waals surface area (Å²) < 4.78 is 5.36. The fourth-order valence-electron chi connectivity index (χ4n) is 1.96. The van der Waals surface area contributed by atoms with E-state index in [1.807, 2.05) is 12.1 Å². The lowest BCUT2D eigenvalue weighted by atomic mass is 10.1. The van der Waals surface area contributed by atoms with Gasteiger partial charge in [0.05, 0.1) is 13.2 Å². The molecule has 0 radical (unpaired) electrons. The summed E-state index contributed by atoms with van der Waals surface area (Å²) in [6, 6.07) is 7.99. The molecule has 0 unspecified atom stereocenters. The van der Waals surface area contributed by atoms with Crippen LogP contribution in [0.15, 0.2) is 30.3 Å². The van der Waals surface area contributed by atoms with Crippen molar-refractivity contribution >= 4 is 17.3 Å². The van der Waals surface area contributed by atoms with Gasteiger partial charge in [-0.1, -0.05) is 29.8 Å². The summed E-state index contributed by atoms with van der Waals surface area (Å²) in [7, 11) is 0. The second kappa shape index (κ2) is 5.37. The highest BCUT2D eigenvalue weighted by Crippen LogP contribution is 2.21. The molecule has 2 nitrogen and oxygen atoms in total. The molecule has 16 heavy (non-hydrogen) atoms. The number of halogens is 1. The van der Waals surface area contributed by atoms with Crippen molar-refractivity contribution in [2.75, 3.05) is 26.3 Å². The summed E-state index contributed by atoms with van der Waals surface area (Å²) in [4.78, 5) is 2.35. The molecule has 2 rings (SSSR count). The van der Waals surface area contributed by atoms with Crippen molar-refractivity contribution in [3.8, 4) is 0 Å². The lowest BCUT2D eigenvalue weighted by Gasteiger charge is -2.31. The van der Waals surface area contributed by atoms with E-state index in [9.17, 15) is 0 Å². The van der Waals surface area contributed by atoms with Crippen LogP contribution in [-0.4, -0.2) is 31.2 Å². The summed E-state index contributed by atoms with van der Waals surface area (Å²) in [5, 5.41) is 0.779. The number of rotatable bonds is 2. The number of benzene rings is 1. The molecule has 0 saturated carbocycles. The normalized spacial score (nSPS) is 17.6. The Morgan fingerprint density at radius 1 is 1.25 bits per heavy atom. The Morgan fingerprint density at radius 3 is 2.44 bits per heavy atom. The first-order valence-corrected chi connectivity index (χ1v) is 5.94. The van der Waals surface area contributed by atoms with Crippen molar-refractivity contribution in [1.82, 2.24) is 4.90 Å². The van der Waals surface area contributed by atoms with Crippen LogP contribution in [0.3, 0.4) is 0 Å². The van der Waals surface area contributed by atoms with E-state index in [1.54, 1.807) is 0 Å². The highest BCUT2D eigenvalue weighted by atomic mass is 35.5. The summed E-state index contributed by atoms with van der Waals surface area (Å²) in [6.45, 7) is 5.61. The molecule has 1 aliphatic rings. The maximum absolute atomic E-state index is 5.89. The third-order valence-corrected chi connectivity index (χ3v) is 3.02. The number of ether oxygens (including phenoxy) is 1. The van der Waals surface area contributed by atoms with Gasteiger partial charge in [-0.3, -0.25) is 0 Å². The van der Waals surface area contributed by atoms with Crippen LogP contribution in [0.5, 0.6) is 0 Å². The second-order valence-corrected chi connectivity index (χ2v) is 4.22. The molecule has 1 aromatic rings. The van der Waals surface area contributed by atoms with E-state index in [0.717, 1.165) is 31.3 Å². The van der Waals surface area contributed by atoms with Crippen molar-refractivity contribution in [2.45, 2.75) is 6.92 Å². The molecule has 0 aliphatic carbocycles. The van der Waals surface area contributed by atoms with Crippen LogP contribution in [0.4, 0.5) is 0 Å². The van der Waals surface area contributed by atoms with E-state index in [0.29, 0.717) is 0 Å². The summed E-state index contributed by atoms with van der Waals surface area (Å²) in [5.41, 5.74) is 2.48. The first-order chi connectivity index (χ1) is 7.81. The number of hydrogen-bond donors (Lipinski definition) is 0. The third-order valence-electron chi connectivity index (χ3n) is 2.77. The Morgan fingerprint density at radius 2 is 1.88 bits per heavy atom. The molecule has 1 aliphatic heterocycles. The van der Waals surface area contributed by atoms with E-state index >= 15 is 0 Å². The molecule has 1 fully saturated rings. The number of hydrogen-bond acceptors (Lipinski definition) is 2. The van der Waals surface area contributed by atoms with Crippen LogP contribution in [0, 0.1) is 0 Å². The van der Waals surface area contributed by atoms with E-state index in [1.165, 1.54) is 11.3 Å². The molecule has 3 heteroatoms. The molecular weight excluding hydrogens is 222 g/mol. The number of morpholine rings is 1. The minimum Gasteiger partial charge on any atom is -0.378 e. The van der Waals surface area contributed by atoms with Gasteiger partial charge in [0, 0.05) is 23.8 Å². The van der Waals surface area contributed by atoms with Gasteiger partial charge in [-0.05, 0) is 24.6 Å². The van der Waals surface area contributed by atoms with Gasteiger partial charge in [-0.2, -0.15) is 0 Å². The first-order valence-electron chi connectivity index (χ1n) is 5.56. The van der Waals surface area contributed by atoms with Crippen molar-refractivity contribution in [3.05, 3.63) is 40.9 Å². The minimum absolute atomic E-state index is 0.779. The molecule has 1 heterocycles. The van der Waals surface area contributed by atoms with Crippen molar-refractivity contribution in [1.29, 1.82) is 0 Å². The Kier molecular flexibility index (Phi) is 3.86. The fourth-order valence-corrected chi connectivity index (χ4v) is 2.08. The van der Waals surface area contributed by atoms with Crippen LogP contribution in [0.1, 0.15) is 12.5 Å². The van der Waals surface area contributed by atoms with Crippen LogP contribution in [0.2, 0.25) is 5.02 Å². The Bertz CT molecular complexity index is 366. The quantitative estimate of drug-likeness (QED) is 0.784. The van der Waals surface area contributed by atoms with Gasteiger partial charge in [0.15, 0.2) is 0 Å². The second-order valence-electron chi connectivity index (χ2n) is 3.78. The van der Waals surface area contributed by atoms with E-state index < -0.39 is 0 Å². The highest BCUT2D eigenvalue weighted by Gasteiger charge is 2.14. The van der Waals surface area contributed by atoms with E-state index in [4.69, 9.17) is 16.3 Å². The molecule has 0 atom stereocenters. The van der Waals surface area contributed by atoms with Gasteiger partial charge >= 0.3 is 0 Å². The summed E-state index contributed by atoms with van der Waals surface area (Å²) >= 11 is 5.89. The van der Waals surface area contributed by atoms with E-state index in [2.05, 4.69) is 30.0 Å². The van der Waals surface area contributed by atoms with Crippen molar-refractivity contribution in [2.24, 2.45) is 0 Å². The van der Waals surface area contributed by atoms with Crippen molar-refractivity contribution < 1.29 is 4.74 Å². The zero-order valence-corrected chi connectivity index (χ0v) is 10.2. The lowest BCUT2D eigenvalue weighted by Crippen LogP contribution is -2.34. The molecule has 0 amide bonds. The van der Waals surface area contributed by atoms with Gasteiger partial charge < -0.3 is 9.64 Å². The fraction of sp³-hybridized carbons (Fsp3) is 0.385. The summed E-state index contributed by atoms with van der Waals surface area (Å²) in [6.07, 6.45) is 2.15. The number of nitrogens with zero attached hydrogens (tertiary/aromatic N) is 1. The highest BCUT2D eigenvalue weighted by molar-refractivity contribution is 6.30. The summed E-state index contributed by atoms with van der Waals surface area (Å²) in [5.74, 6) is 0. The third kappa shape index (κ3) is 2.57. The molecule has 86 valence electrons. The smallest absolute Gasteiger partial charge is 0.0642 e. The van der Waals surface area contributed by atoms with Gasteiger partial charge in [-0.25, -0.2) is 0 Å². The van der Waals surface area contributed by atoms with Gasteiger partial charge in [0.1, 0.15) is 0 Å². The van der Waals surface area contributed by atoms with Crippen molar-refractivity contribution in [3.63, 3.8) is 0 Å². The van der Waals surface area contributed by atoms with Gasteiger partial charge in [0.2, 0.25) is 0 Å². The maximum Gasteiger partial charge on any atom is 0.0642 e. The standard InChI is InChI=1S/C13H16ClNO/c1-2-13(15-7-9-16-10-8-15)11-3-5-12(14)6-4-11/h2-6H,7-10H2,1H3/b13-2-. The average molecular weight is 238 g/mol. The minimum atomic E-state index is 0.779. The Labute approximate surface area is 101 Å². The largest absolute Gasteiger partial charge is 0.378 e. The van der Waals surface area contributed by atoms with Crippen LogP contribution >= 0.6 is 11.6 Å². The average Bonchev–Trinajstić information content (AvgIpc) is 2.34. The Balaban J connectivity index is 2.18. The van der Waals surface area contributed by atoms with Crippen LogP contribution in [-0.2, 0) is 4.74 Å². The topological polar surface area (TPSA) is 12.5 Å². The first kappa shape index (κ1) is 11.5. The molecule has 1 aromatic carbocycles. The zero-order valence-electron chi connectivity index (χ0n) is 9.45.